The number of carbonyl (C=O) groups excluding carboxylic acids is 1. The predicted molar refractivity (Wildman–Crippen MR) is 82.1 cm³/mol. The van der Waals surface area contributed by atoms with Crippen LogP contribution in [-0.2, 0) is 17.9 Å². The number of aromatic nitrogens is 5. The fourth-order valence-electron chi connectivity index (χ4n) is 2.32. The van der Waals surface area contributed by atoms with E-state index in [1.165, 1.54) is 0 Å². The number of hydrogen-bond donors (Lipinski definition) is 1. The molecular weight excluding hydrogens is 280 g/mol. The highest BCUT2D eigenvalue weighted by Gasteiger charge is 2.07. The fourth-order valence-corrected chi connectivity index (χ4v) is 2.32. The molecule has 0 unspecified atom stereocenters. The first kappa shape index (κ1) is 14.2. The molecule has 0 atom stereocenters. The molecule has 0 bridgehead atoms. The van der Waals surface area contributed by atoms with Crippen LogP contribution in [0.3, 0.4) is 0 Å². The third-order valence-corrected chi connectivity index (χ3v) is 3.51. The minimum Gasteiger partial charge on any atom is -0.354 e. The summed E-state index contributed by atoms with van der Waals surface area (Å²) in [4.78, 5) is 12.0. The minimum absolute atomic E-state index is 0.0622. The topological polar surface area (TPSA) is 77.6 Å². The van der Waals surface area contributed by atoms with Gasteiger partial charge in [-0.1, -0.05) is 17.3 Å². The lowest BCUT2D eigenvalue weighted by atomic mass is 10.3. The number of fused-ring (bicyclic) bond motifs is 1. The van der Waals surface area contributed by atoms with Gasteiger partial charge in [0.2, 0.25) is 5.91 Å². The average Bonchev–Trinajstić information content (AvgIpc) is 3.11. The van der Waals surface area contributed by atoms with Crippen LogP contribution in [0.25, 0.3) is 11.0 Å². The zero-order valence-electron chi connectivity index (χ0n) is 12.4. The molecule has 3 aromatic rings. The molecule has 1 amide bonds. The standard InChI is InChI=1S/C15H18N6O/c1-12-7-9-17-20(12)10-4-8-16-15(22)11-21-14-6-3-2-5-13(14)18-19-21/h2-3,5-7,9H,4,8,10-11H2,1H3,(H,16,22). The van der Waals surface area contributed by atoms with Crippen LogP contribution >= 0.6 is 0 Å². The minimum atomic E-state index is -0.0622. The zero-order valence-corrected chi connectivity index (χ0v) is 12.4. The van der Waals surface area contributed by atoms with E-state index in [1.54, 1.807) is 10.9 Å². The number of benzene rings is 1. The lowest BCUT2D eigenvalue weighted by Crippen LogP contribution is -2.29. The first-order valence-corrected chi connectivity index (χ1v) is 7.27. The molecule has 22 heavy (non-hydrogen) atoms. The molecule has 7 nitrogen and oxygen atoms in total. The molecule has 1 aromatic carbocycles. The van der Waals surface area contributed by atoms with E-state index in [0.717, 1.165) is 29.7 Å². The quantitative estimate of drug-likeness (QED) is 0.692. The van der Waals surface area contributed by atoms with E-state index >= 15 is 0 Å². The molecule has 0 fully saturated rings. The number of carbonyl (C=O) groups is 1. The summed E-state index contributed by atoms with van der Waals surface area (Å²) in [6.07, 6.45) is 2.62. The van der Waals surface area contributed by atoms with Gasteiger partial charge in [0.1, 0.15) is 12.1 Å². The van der Waals surface area contributed by atoms with Crippen molar-refractivity contribution in [3.63, 3.8) is 0 Å². The third-order valence-electron chi connectivity index (χ3n) is 3.51. The molecule has 3 rings (SSSR count). The summed E-state index contributed by atoms with van der Waals surface area (Å²) >= 11 is 0. The van der Waals surface area contributed by atoms with E-state index in [0.29, 0.717) is 6.54 Å². The monoisotopic (exact) mass is 298 g/mol. The number of hydrogen-bond acceptors (Lipinski definition) is 4. The van der Waals surface area contributed by atoms with E-state index in [9.17, 15) is 4.79 Å². The Morgan fingerprint density at radius 1 is 1.23 bits per heavy atom. The van der Waals surface area contributed by atoms with Gasteiger partial charge < -0.3 is 5.32 Å². The number of para-hydroxylation sites is 1. The molecule has 0 saturated carbocycles. The van der Waals surface area contributed by atoms with Gasteiger partial charge >= 0.3 is 0 Å². The van der Waals surface area contributed by atoms with Crippen molar-refractivity contribution in [2.24, 2.45) is 0 Å². The molecule has 0 aliphatic rings. The van der Waals surface area contributed by atoms with E-state index in [1.807, 2.05) is 41.9 Å². The van der Waals surface area contributed by atoms with Crippen molar-refractivity contribution in [3.05, 3.63) is 42.2 Å². The Balaban J connectivity index is 1.47. The molecule has 0 aliphatic carbocycles. The normalized spacial score (nSPS) is 11.0. The van der Waals surface area contributed by atoms with Crippen LogP contribution in [0.4, 0.5) is 0 Å². The molecule has 7 heteroatoms. The second-order valence-corrected chi connectivity index (χ2v) is 5.14. The van der Waals surface area contributed by atoms with Crippen molar-refractivity contribution in [1.29, 1.82) is 0 Å². The van der Waals surface area contributed by atoms with E-state index in [4.69, 9.17) is 0 Å². The highest BCUT2D eigenvalue weighted by atomic mass is 16.2. The molecule has 0 radical (unpaired) electrons. The van der Waals surface area contributed by atoms with Crippen molar-refractivity contribution in [1.82, 2.24) is 30.1 Å². The van der Waals surface area contributed by atoms with Gasteiger partial charge in [0.25, 0.3) is 0 Å². The molecule has 0 aliphatic heterocycles. The summed E-state index contributed by atoms with van der Waals surface area (Å²) in [7, 11) is 0. The van der Waals surface area contributed by atoms with E-state index in [-0.39, 0.29) is 12.5 Å². The van der Waals surface area contributed by atoms with Crippen LogP contribution in [0.1, 0.15) is 12.1 Å². The number of amides is 1. The summed E-state index contributed by atoms with van der Waals surface area (Å²) < 4.78 is 3.54. The maximum atomic E-state index is 12.0. The van der Waals surface area contributed by atoms with Gasteiger partial charge in [-0.25, -0.2) is 4.68 Å². The van der Waals surface area contributed by atoms with Gasteiger partial charge in [-0.3, -0.25) is 9.48 Å². The molecule has 1 N–H and O–H groups in total. The van der Waals surface area contributed by atoms with Crippen LogP contribution in [0, 0.1) is 6.92 Å². The Hall–Kier alpha value is -2.70. The van der Waals surface area contributed by atoms with Crippen LogP contribution in [0.5, 0.6) is 0 Å². The summed E-state index contributed by atoms with van der Waals surface area (Å²) in [6.45, 7) is 3.61. The molecule has 114 valence electrons. The van der Waals surface area contributed by atoms with Crippen molar-refractivity contribution in [2.75, 3.05) is 6.54 Å². The van der Waals surface area contributed by atoms with E-state index < -0.39 is 0 Å². The summed E-state index contributed by atoms with van der Waals surface area (Å²) in [5.74, 6) is -0.0622. The van der Waals surface area contributed by atoms with Gasteiger partial charge in [-0.15, -0.1) is 5.10 Å². The fraction of sp³-hybridized carbons (Fsp3) is 0.333. The Morgan fingerprint density at radius 3 is 2.91 bits per heavy atom. The summed E-state index contributed by atoms with van der Waals surface area (Å²) in [6, 6.07) is 9.56. The van der Waals surface area contributed by atoms with Crippen molar-refractivity contribution in [2.45, 2.75) is 26.4 Å². The largest absolute Gasteiger partial charge is 0.354 e. The molecule has 0 saturated heterocycles. The van der Waals surface area contributed by atoms with Gasteiger partial charge in [-0.2, -0.15) is 5.10 Å². The second kappa shape index (κ2) is 6.38. The zero-order chi connectivity index (χ0) is 15.4. The Morgan fingerprint density at radius 2 is 2.09 bits per heavy atom. The Labute approximate surface area is 127 Å². The summed E-state index contributed by atoms with van der Waals surface area (Å²) in [5.41, 5.74) is 2.79. The van der Waals surface area contributed by atoms with Gasteiger partial charge in [-0.05, 0) is 31.5 Å². The smallest absolute Gasteiger partial charge is 0.241 e. The maximum absolute atomic E-state index is 12.0. The highest BCUT2D eigenvalue weighted by Crippen LogP contribution is 2.09. The molecule has 2 heterocycles. The number of rotatable bonds is 6. The first-order chi connectivity index (χ1) is 10.7. The van der Waals surface area contributed by atoms with Gasteiger partial charge in [0.15, 0.2) is 0 Å². The van der Waals surface area contributed by atoms with Crippen LogP contribution in [0.2, 0.25) is 0 Å². The number of nitrogens with one attached hydrogen (secondary N) is 1. The first-order valence-electron chi connectivity index (χ1n) is 7.27. The van der Waals surface area contributed by atoms with Crippen molar-refractivity contribution in [3.8, 4) is 0 Å². The molecule has 0 spiro atoms. The number of aryl methyl sites for hydroxylation is 2. The van der Waals surface area contributed by atoms with Crippen molar-refractivity contribution < 1.29 is 4.79 Å². The van der Waals surface area contributed by atoms with Crippen LogP contribution in [0.15, 0.2) is 36.5 Å². The second-order valence-electron chi connectivity index (χ2n) is 5.14. The average molecular weight is 298 g/mol. The maximum Gasteiger partial charge on any atom is 0.241 e. The van der Waals surface area contributed by atoms with Gasteiger partial charge in [0.05, 0.1) is 5.52 Å². The van der Waals surface area contributed by atoms with Gasteiger partial charge in [0, 0.05) is 25.0 Å². The summed E-state index contributed by atoms with van der Waals surface area (Å²) in [5, 5.41) is 15.1. The van der Waals surface area contributed by atoms with Crippen LogP contribution < -0.4 is 5.32 Å². The van der Waals surface area contributed by atoms with E-state index in [2.05, 4.69) is 20.7 Å². The Bertz CT molecular complexity index is 775. The van der Waals surface area contributed by atoms with Crippen molar-refractivity contribution >= 4 is 16.9 Å². The predicted octanol–water partition coefficient (Wildman–Crippen LogP) is 1.14. The lowest BCUT2D eigenvalue weighted by Gasteiger charge is -2.07. The van der Waals surface area contributed by atoms with Crippen LogP contribution in [-0.4, -0.2) is 37.2 Å². The molecule has 2 aromatic heterocycles. The lowest BCUT2D eigenvalue weighted by molar-refractivity contribution is -0.121. The third kappa shape index (κ3) is 3.13. The molecular formula is C15H18N6O. The SMILES string of the molecule is Cc1ccnn1CCCNC(=O)Cn1nnc2ccccc21. The number of nitrogens with zero attached hydrogens (tertiary/aromatic N) is 5. The Kier molecular flexibility index (Phi) is 4.13. The highest BCUT2D eigenvalue weighted by molar-refractivity contribution is 5.79.